The van der Waals surface area contributed by atoms with E-state index in [9.17, 15) is 9.59 Å². The van der Waals surface area contributed by atoms with Crippen molar-refractivity contribution in [1.29, 1.82) is 0 Å². The van der Waals surface area contributed by atoms with Gasteiger partial charge in [-0.2, -0.15) is 0 Å². The highest BCUT2D eigenvalue weighted by Gasteiger charge is 1.98. The van der Waals surface area contributed by atoms with E-state index in [0.717, 1.165) is 38.6 Å². The average Bonchev–Trinajstić information content (AvgIpc) is 2.36. The van der Waals surface area contributed by atoms with Crippen molar-refractivity contribution in [3.63, 3.8) is 0 Å². The summed E-state index contributed by atoms with van der Waals surface area (Å²) in [5.41, 5.74) is 5.27. The lowest BCUT2D eigenvalue weighted by atomic mass is 10.1. The van der Waals surface area contributed by atoms with E-state index in [1.807, 2.05) is 0 Å². The lowest BCUT2D eigenvalue weighted by molar-refractivity contribution is -0.137. The van der Waals surface area contributed by atoms with Crippen LogP contribution < -0.4 is 11.1 Å². The van der Waals surface area contributed by atoms with Gasteiger partial charge in [-0.25, -0.2) is 0 Å². The fourth-order valence-corrected chi connectivity index (χ4v) is 1.91. The van der Waals surface area contributed by atoms with Gasteiger partial charge in [0.15, 0.2) is 0 Å². The third-order valence-electron chi connectivity index (χ3n) is 3.01. The van der Waals surface area contributed by atoms with E-state index in [2.05, 4.69) is 5.32 Å². The van der Waals surface area contributed by atoms with Gasteiger partial charge >= 0.3 is 5.97 Å². The van der Waals surface area contributed by atoms with E-state index < -0.39 is 5.97 Å². The first-order valence-electron chi connectivity index (χ1n) is 7.35. The molecule has 0 aliphatic carbocycles. The van der Waals surface area contributed by atoms with Crippen LogP contribution in [0.5, 0.6) is 0 Å². The van der Waals surface area contributed by atoms with Gasteiger partial charge in [-0.05, 0) is 12.8 Å². The summed E-state index contributed by atoms with van der Waals surface area (Å²) >= 11 is 0. The van der Waals surface area contributed by atoms with Crippen LogP contribution in [-0.2, 0) is 9.59 Å². The first-order chi connectivity index (χ1) is 9.16. The molecule has 0 bridgehead atoms. The molecule has 19 heavy (non-hydrogen) atoms. The quantitative estimate of drug-likeness (QED) is 0.447. The topological polar surface area (TPSA) is 92.4 Å². The maximum absolute atomic E-state index is 11.1. The zero-order valence-electron chi connectivity index (χ0n) is 11.8. The fourth-order valence-electron chi connectivity index (χ4n) is 1.91. The van der Waals surface area contributed by atoms with Crippen molar-refractivity contribution >= 4 is 11.9 Å². The second kappa shape index (κ2) is 13.3. The summed E-state index contributed by atoms with van der Waals surface area (Å²) in [5, 5.41) is 11.3. The molecule has 4 N–H and O–H groups in total. The molecule has 0 spiro atoms. The number of aliphatic carboxylic acids is 1. The van der Waals surface area contributed by atoms with Crippen LogP contribution in [0.4, 0.5) is 0 Å². The number of unbranched alkanes of at least 4 members (excludes halogenated alkanes) is 7. The number of hydrogen-bond acceptors (Lipinski definition) is 3. The Morgan fingerprint density at radius 3 is 1.89 bits per heavy atom. The molecule has 0 aliphatic heterocycles. The number of carboxylic acids is 1. The fraction of sp³-hybridized carbons (Fsp3) is 0.857. The Morgan fingerprint density at radius 1 is 0.842 bits per heavy atom. The van der Waals surface area contributed by atoms with Gasteiger partial charge in [0.1, 0.15) is 0 Å². The predicted molar refractivity (Wildman–Crippen MR) is 75.9 cm³/mol. The van der Waals surface area contributed by atoms with Crippen LogP contribution in [0.2, 0.25) is 0 Å². The van der Waals surface area contributed by atoms with Crippen LogP contribution in [0.15, 0.2) is 0 Å². The molecule has 0 aromatic carbocycles. The van der Waals surface area contributed by atoms with Crippen LogP contribution >= 0.6 is 0 Å². The first kappa shape index (κ1) is 17.9. The van der Waals surface area contributed by atoms with E-state index in [1.165, 1.54) is 19.3 Å². The number of carbonyl (C=O) groups is 2. The summed E-state index contributed by atoms with van der Waals surface area (Å²) in [6.45, 7) is 1.16. The molecule has 0 aromatic rings. The zero-order valence-corrected chi connectivity index (χ0v) is 11.8. The SMILES string of the molecule is NCCC(=O)NCCCCCCCCCCC(=O)O. The van der Waals surface area contributed by atoms with Crippen molar-refractivity contribution < 1.29 is 14.7 Å². The van der Waals surface area contributed by atoms with Gasteiger partial charge in [0.2, 0.25) is 5.91 Å². The van der Waals surface area contributed by atoms with Gasteiger partial charge in [0.25, 0.3) is 0 Å². The Hall–Kier alpha value is -1.10. The summed E-state index contributed by atoms with van der Waals surface area (Å²) in [4.78, 5) is 21.4. The summed E-state index contributed by atoms with van der Waals surface area (Å²) in [5.74, 6) is -0.655. The molecule has 0 radical (unpaired) electrons. The van der Waals surface area contributed by atoms with Crippen LogP contribution in [0.1, 0.15) is 64.2 Å². The molecule has 0 aromatic heterocycles. The minimum atomic E-state index is -0.698. The lowest BCUT2D eigenvalue weighted by Gasteiger charge is -2.04. The number of carboxylic acid groups (broad SMARTS) is 1. The molecule has 5 nitrogen and oxygen atoms in total. The number of rotatable bonds is 13. The zero-order chi connectivity index (χ0) is 14.3. The van der Waals surface area contributed by atoms with E-state index in [1.54, 1.807) is 0 Å². The maximum Gasteiger partial charge on any atom is 0.303 e. The van der Waals surface area contributed by atoms with Crippen molar-refractivity contribution in [3.8, 4) is 0 Å². The van der Waals surface area contributed by atoms with Gasteiger partial charge in [0.05, 0.1) is 0 Å². The van der Waals surface area contributed by atoms with Crippen LogP contribution in [0.25, 0.3) is 0 Å². The molecular formula is C14H28N2O3. The highest BCUT2D eigenvalue weighted by atomic mass is 16.4. The van der Waals surface area contributed by atoms with E-state index >= 15 is 0 Å². The molecule has 0 heterocycles. The molecule has 0 rings (SSSR count). The van der Waals surface area contributed by atoms with Crippen molar-refractivity contribution in [3.05, 3.63) is 0 Å². The van der Waals surface area contributed by atoms with E-state index in [-0.39, 0.29) is 5.91 Å². The second-order valence-corrected chi connectivity index (χ2v) is 4.86. The second-order valence-electron chi connectivity index (χ2n) is 4.86. The Morgan fingerprint density at radius 2 is 1.37 bits per heavy atom. The Balaban J connectivity index is 3.06. The predicted octanol–water partition coefficient (Wildman–Crippen LogP) is 2.05. The Kier molecular flexibility index (Phi) is 12.6. The average molecular weight is 272 g/mol. The molecule has 0 aliphatic rings. The summed E-state index contributed by atoms with van der Waals surface area (Å²) in [6, 6.07) is 0. The van der Waals surface area contributed by atoms with Gasteiger partial charge < -0.3 is 16.2 Å². The number of carbonyl (C=O) groups excluding carboxylic acids is 1. The van der Waals surface area contributed by atoms with Crippen molar-refractivity contribution in [2.24, 2.45) is 5.73 Å². The molecular weight excluding hydrogens is 244 g/mol. The van der Waals surface area contributed by atoms with Gasteiger partial charge in [0, 0.05) is 25.9 Å². The van der Waals surface area contributed by atoms with Crippen molar-refractivity contribution in [1.82, 2.24) is 5.32 Å². The molecule has 0 saturated carbocycles. The molecule has 0 saturated heterocycles. The number of hydrogen-bond donors (Lipinski definition) is 3. The Labute approximate surface area is 115 Å². The smallest absolute Gasteiger partial charge is 0.303 e. The Bertz CT molecular complexity index is 245. The van der Waals surface area contributed by atoms with Crippen molar-refractivity contribution in [2.75, 3.05) is 13.1 Å². The number of nitrogens with two attached hydrogens (primary N) is 1. The minimum absolute atomic E-state index is 0.0425. The van der Waals surface area contributed by atoms with Gasteiger partial charge in [-0.15, -0.1) is 0 Å². The number of amides is 1. The standard InChI is InChI=1S/C14H28N2O3/c15-11-10-13(17)16-12-8-6-4-2-1-3-5-7-9-14(18)19/h1-12,15H2,(H,16,17)(H,18,19). The third kappa shape index (κ3) is 14.8. The van der Waals surface area contributed by atoms with Crippen LogP contribution in [0.3, 0.4) is 0 Å². The van der Waals surface area contributed by atoms with Crippen LogP contribution in [-0.4, -0.2) is 30.1 Å². The first-order valence-corrected chi connectivity index (χ1v) is 7.35. The van der Waals surface area contributed by atoms with E-state index in [4.69, 9.17) is 10.8 Å². The lowest BCUT2D eigenvalue weighted by Crippen LogP contribution is -2.26. The highest BCUT2D eigenvalue weighted by Crippen LogP contribution is 2.09. The maximum atomic E-state index is 11.1. The van der Waals surface area contributed by atoms with Gasteiger partial charge in [-0.1, -0.05) is 38.5 Å². The van der Waals surface area contributed by atoms with Gasteiger partial charge in [-0.3, -0.25) is 9.59 Å². The monoisotopic (exact) mass is 272 g/mol. The highest BCUT2D eigenvalue weighted by molar-refractivity contribution is 5.75. The largest absolute Gasteiger partial charge is 0.481 e. The van der Waals surface area contributed by atoms with E-state index in [0.29, 0.717) is 19.4 Å². The summed E-state index contributed by atoms with van der Waals surface area (Å²) in [7, 11) is 0. The number of nitrogens with one attached hydrogen (secondary N) is 1. The third-order valence-corrected chi connectivity index (χ3v) is 3.01. The molecule has 1 amide bonds. The van der Waals surface area contributed by atoms with Crippen LogP contribution in [0, 0.1) is 0 Å². The normalized spacial score (nSPS) is 10.4. The minimum Gasteiger partial charge on any atom is -0.481 e. The summed E-state index contributed by atoms with van der Waals surface area (Å²) in [6.07, 6.45) is 9.37. The molecule has 0 unspecified atom stereocenters. The van der Waals surface area contributed by atoms with Crippen molar-refractivity contribution in [2.45, 2.75) is 64.2 Å². The molecule has 0 fully saturated rings. The summed E-state index contributed by atoms with van der Waals surface area (Å²) < 4.78 is 0. The molecule has 112 valence electrons. The molecule has 5 heteroatoms. The molecule has 0 atom stereocenters.